The number of carbonyl (C=O) groups excluding carboxylic acids is 2. The minimum absolute atomic E-state index is 0.0218. The van der Waals surface area contributed by atoms with Gasteiger partial charge >= 0.3 is 18.0 Å². The molecule has 2 N–H and O–H groups in total. The fraction of sp³-hybridized carbons (Fsp3) is 0.0667. The Morgan fingerprint density at radius 3 is 2.12 bits per heavy atom. The Labute approximate surface area is 148 Å². The Bertz CT molecular complexity index is 887. The molecule has 0 atom stereocenters. The quantitative estimate of drug-likeness (QED) is 0.474. The smallest absolute Gasteiger partial charge is 0.318 e. The van der Waals surface area contributed by atoms with Crippen LogP contribution in [0.25, 0.3) is 0 Å². The molecule has 0 saturated heterocycles. The second kappa shape index (κ2) is 7.40. The Morgan fingerprint density at radius 1 is 1.00 bits per heavy atom. The highest BCUT2D eigenvalue weighted by molar-refractivity contribution is 6.43. The first-order valence-corrected chi connectivity index (χ1v) is 7.19. The average molecular weight is 388 g/mol. The number of nitrogens with one attached hydrogen (secondary N) is 2. The van der Waals surface area contributed by atoms with Crippen LogP contribution < -0.4 is 10.6 Å². The van der Waals surface area contributed by atoms with Crippen molar-refractivity contribution < 1.29 is 27.7 Å². The van der Waals surface area contributed by atoms with Crippen molar-refractivity contribution >= 4 is 40.5 Å². The normalized spacial score (nSPS) is 10.9. The van der Waals surface area contributed by atoms with E-state index in [0.717, 1.165) is 18.2 Å². The summed E-state index contributed by atoms with van der Waals surface area (Å²) in [6.07, 6.45) is -4.73. The van der Waals surface area contributed by atoms with Gasteiger partial charge in [0.05, 0.1) is 15.5 Å². The van der Waals surface area contributed by atoms with Crippen molar-refractivity contribution in [2.45, 2.75) is 6.18 Å². The zero-order valence-electron chi connectivity index (χ0n) is 12.6. The van der Waals surface area contributed by atoms with E-state index < -0.39 is 33.5 Å². The SMILES string of the molecule is O=C(Nc1cccc([N+](=O)[O-])c1)C(=O)Nc1ccc(Cl)c(C(F)(F)F)c1. The van der Waals surface area contributed by atoms with Crippen LogP contribution in [0.1, 0.15) is 5.56 Å². The van der Waals surface area contributed by atoms with Gasteiger partial charge in [-0.1, -0.05) is 17.7 Å². The van der Waals surface area contributed by atoms with Crippen LogP contribution in [-0.4, -0.2) is 16.7 Å². The van der Waals surface area contributed by atoms with E-state index in [1.807, 2.05) is 5.32 Å². The molecule has 7 nitrogen and oxygen atoms in total. The molecule has 0 fully saturated rings. The van der Waals surface area contributed by atoms with Gasteiger partial charge in [-0.25, -0.2) is 0 Å². The van der Waals surface area contributed by atoms with Gasteiger partial charge < -0.3 is 10.6 Å². The molecule has 26 heavy (non-hydrogen) atoms. The highest BCUT2D eigenvalue weighted by Crippen LogP contribution is 2.36. The Morgan fingerprint density at radius 2 is 1.58 bits per heavy atom. The fourth-order valence-electron chi connectivity index (χ4n) is 1.89. The number of nitrogens with zero attached hydrogens (tertiary/aromatic N) is 1. The molecule has 0 spiro atoms. The second-order valence-corrected chi connectivity index (χ2v) is 5.32. The first-order valence-electron chi connectivity index (χ1n) is 6.81. The summed E-state index contributed by atoms with van der Waals surface area (Å²) in [7, 11) is 0. The van der Waals surface area contributed by atoms with Gasteiger partial charge in [0.25, 0.3) is 5.69 Å². The van der Waals surface area contributed by atoms with Crippen molar-refractivity contribution in [2.75, 3.05) is 10.6 Å². The summed E-state index contributed by atoms with van der Waals surface area (Å²) in [5.41, 5.74) is -1.79. The van der Waals surface area contributed by atoms with E-state index in [9.17, 15) is 32.9 Å². The highest BCUT2D eigenvalue weighted by atomic mass is 35.5. The maximum Gasteiger partial charge on any atom is 0.417 e. The Balaban J connectivity index is 2.11. The number of amides is 2. The van der Waals surface area contributed by atoms with Crippen LogP contribution in [-0.2, 0) is 15.8 Å². The van der Waals surface area contributed by atoms with Crippen LogP contribution in [0.3, 0.4) is 0 Å². The van der Waals surface area contributed by atoms with Crippen LogP contribution >= 0.6 is 11.6 Å². The Kier molecular flexibility index (Phi) is 5.46. The molecule has 0 aliphatic carbocycles. The van der Waals surface area contributed by atoms with Crippen molar-refractivity contribution in [3.8, 4) is 0 Å². The van der Waals surface area contributed by atoms with Gasteiger partial charge in [0.1, 0.15) is 0 Å². The summed E-state index contributed by atoms with van der Waals surface area (Å²) in [5.74, 6) is -2.47. The van der Waals surface area contributed by atoms with E-state index in [-0.39, 0.29) is 17.1 Å². The molecule has 0 heterocycles. The lowest BCUT2D eigenvalue weighted by atomic mass is 10.2. The topological polar surface area (TPSA) is 101 Å². The third kappa shape index (κ3) is 4.70. The van der Waals surface area contributed by atoms with Gasteiger partial charge in [-0.3, -0.25) is 19.7 Å². The molecule has 2 amide bonds. The van der Waals surface area contributed by atoms with Crippen LogP contribution in [0, 0.1) is 10.1 Å². The molecular formula is C15H9ClF3N3O4. The third-order valence-corrected chi connectivity index (χ3v) is 3.38. The average Bonchev–Trinajstić information content (AvgIpc) is 2.55. The number of rotatable bonds is 3. The molecule has 2 aromatic carbocycles. The largest absolute Gasteiger partial charge is 0.417 e. The number of nitro groups is 1. The maximum absolute atomic E-state index is 12.8. The zero-order chi connectivity index (χ0) is 19.5. The Hall–Kier alpha value is -3.14. The van der Waals surface area contributed by atoms with Crippen molar-refractivity contribution in [3.05, 3.63) is 63.2 Å². The van der Waals surface area contributed by atoms with E-state index in [4.69, 9.17) is 11.6 Å². The number of alkyl halides is 3. The molecule has 0 aromatic heterocycles. The van der Waals surface area contributed by atoms with E-state index in [0.29, 0.717) is 6.07 Å². The number of anilines is 2. The van der Waals surface area contributed by atoms with E-state index in [1.165, 1.54) is 18.2 Å². The molecule has 0 saturated carbocycles. The first kappa shape index (κ1) is 19.2. The summed E-state index contributed by atoms with van der Waals surface area (Å²) >= 11 is 5.46. The van der Waals surface area contributed by atoms with Gasteiger partial charge in [0.15, 0.2) is 0 Å². The first-order chi connectivity index (χ1) is 12.1. The number of carbonyl (C=O) groups is 2. The summed E-state index contributed by atoms with van der Waals surface area (Å²) < 4.78 is 38.4. The molecular weight excluding hydrogens is 379 g/mol. The molecule has 0 bridgehead atoms. The van der Waals surface area contributed by atoms with E-state index >= 15 is 0 Å². The van der Waals surface area contributed by atoms with Crippen LogP contribution in [0.4, 0.5) is 30.2 Å². The zero-order valence-corrected chi connectivity index (χ0v) is 13.4. The third-order valence-electron chi connectivity index (χ3n) is 3.05. The van der Waals surface area contributed by atoms with E-state index in [2.05, 4.69) is 5.32 Å². The lowest BCUT2D eigenvalue weighted by molar-refractivity contribution is -0.384. The molecule has 0 unspecified atom stereocenters. The van der Waals surface area contributed by atoms with Gasteiger partial charge in [-0.2, -0.15) is 13.2 Å². The predicted molar refractivity (Wildman–Crippen MR) is 86.8 cm³/mol. The fourth-order valence-corrected chi connectivity index (χ4v) is 2.12. The van der Waals surface area contributed by atoms with Gasteiger partial charge in [0, 0.05) is 23.5 Å². The molecule has 11 heteroatoms. The minimum Gasteiger partial charge on any atom is -0.318 e. The molecule has 2 aromatic rings. The summed E-state index contributed by atoms with van der Waals surface area (Å²) in [6, 6.07) is 7.41. The standard InChI is InChI=1S/C15H9ClF3N3O4/c16-12-5-4-9(7-11(12)15(17,18)19)21-14(24)13(23)20-8-2-1-3-10(6-8)22(25)26/h1-7H,(H,20,23)(H,21,24). The summed E-state index contributed by atoms with van der Waals surface area (Å²) in [5, 5.41) is 14.2. The van der Waals surface area contributed by atoms with Crippen LogP contribution in [0.5, 0.6) is 0 Å². The van der Waals surface area contributed by atoms with Crippen molar-refractivity contribution in [1.82, 2.24) is 0 Å². The second-order valence-electron chi connectivity index (χ2n) is 4.91. The number of halogens is 4. The van der Waals surface area contributed by atoms with E-state index in [1.54, 1.807) is 0 Å². The number of benzene rings is 2. The van der Waals surface area contributed by atoms with Gasteiger partial charge in [-0.05, 0) is 24.3 Å². The van der Waals surface area contributed by atoms with Crippen LogP contribution in [0.15, 0.2) is 42.5 Å². The summed E-state index contributed by atoms with van der Waals surface area (Å²) in [6.45, 7) is 0. The molecule has 0 radical (unpaired) electrons. The number of non-ortho nitro benzene ring substituents is 1. The predicted octanol–water partition coefficient (Wildman–Crippen LogP) is 3.84. The molecule has 2 rings (SSSR count). The van der Waals surface area contributed by atoms with Crippen LogP contribution in [0.2, 0.25) is 5.02 Å². The maximum atomic E-state index is 12.8. The lowest BCUT2D eigenvalue weighted by Crippen LogP contribution is -2.29. The van der Waals surface area contributed by atoms with Crippen molar-refractivity contribution in [1.29, 1.82) is 0 Å². The minimum atomic E-state index is -4.73. The number of nitro benzene ring substituents is 1. The molecule has 136 valence electrons. The number of hydrogen-bond donors (Lipinski definition) is 2. The number of hydrogen-bond acceptors (Lipinski definition) is 4. The van der Waals surface area contributed by atoms with Crippen molar-refractivity contribution in [2.24, 2.45) is 0 Å². The van der Waals surface area contributed by atoms with Crippen molar-refractivity contribution in [3.63, 3.8) is 0 Å². The molecule has 0 aliphatic rings. The van der Waals surface area contributed by atoms with Gasteiger partial charge in [-0.15, -0.1) is 0 Å². The molecule has 0 aliphatic heterocycles. The summed E-state index contributed by atoms with van der Waals surface area (Å²) in [4.78, 5) is 33.6. The monoisotopic (exact) mass is 387 g/mol. The lowest BCUT2D eigenvalue weighted by Gasteiger charge is -2.11. The van der Waals surface area contributed by atoms with Gasteiger partial charge in [0.2, 0.25) is 0 Å². The highest BCUT2D eigenvalue weighted by Gasteiger charge is 2.33.